The summed E-state index contributed by atoms with van der Waals surface area (Å²) in [7, 11) is 0. The average molecular weight is 216 g/mol. The van der Waals surface area contributed by atoms with Gasteiger partial charge in [-0.1, -0.05) is 19.9 Å². The first-order valence-corrected chi connectivity index (χ1v) is 5.64. The molecule has 2 aromatic rings. The van der Waals surface area contributed by atoms with E-state index >= 15 is 0 Å². The largest absolute Gasteiger partial charge is 0.395 e. The van der Waals surface area contributed by atoms with Crippen molar-refractivity contribution in [3.63, 3.8) is 0 Å². The van der Waals surface area contributed by atoms with Gasteiger partial charge in [-0.15, -0.1) is 0 Å². The van der Waals surface area contributed by atoms with Gasteiger partial charge < -0.3 is 9.51 Å². The zero-order chi connectivity index (χ0) is 11.4. The molecule has 16 heavy (non-hydrogen) atoms. The van der Waals surface area contributed by atoms with Crippen LogP contribution >= 0.6 is 0 Å². The lowest BCUT2D eigenvalue weighted by Gasteiger charge is -2.14. The monoisotopic (exact) mass is 216 g/mol. The van der Waals surface area contributed by atoms with Crippen molar-refractivity contribution in [1.82, 2.24) is 9.38 Å². The van der Waals surface area contributed by atoms with Crippen molar-refractivity contribution in [1.29, 1.82) is 0 Å². The van der Waals surface area contributed by atoms with Crippen LogP contribution < -0.4 is 0 Å². The van der Waals surface area contributed by atoms with Crippen LogP contribution in [0.4, 0.5) is 0 Å². The van der Waals surface area contributed by atoms with Crippen LogP contribution in [0.3, 0.4) is 0 Å². The molecule has 1 aliphatic rings. The molecule has 2 aromatic heterocycles. The van der Waals surface area contributed by atoms with Crippen molar-refractivity contribution in [2.45, 2.75) is 25.7 Å². The molecule has 3 nitrogen and oxygen atoms in total. The van der Waals surface area contributed by atoms with Crippen LogP contribution in [0.2, 0.25) is 0 Å². The molecule has 1 unspecified atom stereocenters. The first kappa shape index (κ1) is 9.85. The number of imidazole rings is 1. The van der Waals surface area contributed by atoms with Gasteiger partial charge in [-0.2, -0.15) is 0 Å². The Balaban J connectivity index is 2.13. The second kappa shape index (κ2) is 2.86. The maximum absolute atomic E-state index is 9.62. The molecule has 0 aromatic carbocycles. The molecule has 3 rings (SSSR count). The maximum atomic E-state index is 9.62. The predicted molar refractivity (Wildman–Crippen MR) is 62.4 cm³/mol. The summed E-state index contributed by atoms with van der Waals surface area (Å²) in [6, 6.07) is 5.96. The highest BCUT2D eigenvalue weighted by molar-refractivity contribution is 5.44. The summed E-state index contributed by atoms with van der Waals surface area (Å²) in [6.45, 7) is 4.56. The first-order valence-electron chi connectivity index (χ1n) is 5.64. The Hall–Kier alpha value is -1.35. The molecule has 1 fully saturated rings. The Morgan fingerprint density at radius 2 is 2.19 bits per heavy atom. The van der Waals surface area contributed by atoms with Crippen molar-refractivity contribution >= 4 is 5.65 Å². The fourth-order valence-electron chi connectivity index (χ4n) is 2.66. The molecule has 2 heterocycles. The van der Waals surface area contributed by atoms with Crippen LogP contribution in [0.1, 0.15) is 26.0 Å². The van der Waals surface area contributed by atoms with Gasteiger partial charge in [0.05, 0.1) is 12.3 Å². The number of fused-ring (bicyclic) bond motifs is 1. The van der Waals surface area contributed by atoms with E-state index < -0.39 is 0 Å². The molecule has 0 amide bonds. The highest BCUT2D eigenvalue weighted by atomic mass is 16.3. The minimum atomic E-state index is -0.126. The third-order valence-electron chi connectivity index (χ3n) is 4.04. The molecular formula is C13H16N2O. The molecule has 1 saturated carbocycles. The van der Waals surface area contributed by atoms with E-state index in [1.807, 2.05) is 35.0 Å². The molecule has 3 heteroatoms. The molecule has 0 aliphatic heterocycles. The van der Waals surface area contributed by atoms with E-state index in [2.05, 4.69) is 18.8 Å². The highest BCUT2D eigenvalue weighted by Gasteiger charge is 2.63. The molecule has 0 saturated heterocycles. The number of aliphatic hydroxyl groups excluding tert-OH is 1. The molecule has 1 atom stereocenters. The quantitative estimate of drug-likeness (QED) is 0.833. The van der Waals surface area contributed by atoms with Crippen molar-refractivity contribution in [3.05, 3.63) is 36.3 Å². The van der Waals surface area contributed by atoms with Gasteiger partial charge in [0.2, 0.25) is 0 Å². The summed E-state index contributed by atoms with van der Waals surface area (Å²) >= 11 is 0. The Morgan fingerprint density at radius 3 is 2.75 bits per heavy atom. The second-order valence-electron chi connectivity index (χ2n) is 5.39. The van der Waals surface area contributed by atoms with E-state index in [9.17, 15) is 5.11 Å². The Labute approximate surface area is 94.7 Å². The molecular weight excluding hydrogens is 200 g/mol. The van der Waals surface area contributed by atoms with Crippen molar-refractivity contribution < 1.29 is 5.11 Å². The molecule has 84 valence electrons. The van der Waals surface area contributed by atoms with Gasteiger partial charge in [0.25, 0.3) is 0 Å². The van der Waals surface area contributed by atoms with Crippen LogP contribution in [0.25, 0.3) is 5.65 Å². The topological polar surface area (TPSA) is 37.5 Å². The van der Waals surface area contributed by atoms with Gasteiger partial charge in [0.1, 0.15) is 5.65 Å². The third kappa shape index (κ3) is 1.09. The van der Waals surface area contributed by atoms with E-state index in [1.165, 1.54) is 0 Å². The maximum Gasteiger partial charge on any atom is 0.136 e. The van der Waals surface area contributed by atoms with Crippen molar-refractivity contribution in [2.24, 2.45) is 5.41 Å². The summed E-state index contributed by atoms with van der Waals surface area (Å²) in [6.07, 6.45) is 5.05. The Bertz CT molecular complexity index is 511. The Kier molecular flexibility index (Phi) is 1.76. The van der Waals surface area contributed by atoms with E-state index in [0.29, 0.717) is 0 Å². The number of hydrogen-bond acceptors (Lipinski definition) is 2. The number of pyridine rings is 1. The lowest BCUT2D eigenvalue weighted by atomic mass is 9.94. The van der Waals surface area contributed by atoms with Crippen LogP contribution in [-0.4, -0.2) is 21.1 Å². The van der Waals surface area contributed by atoms with E-state index in [0.717, 1.165) is 17.8 Å². The van der Waals surface area contributed by atoms with Crippen molar-refractivity contribution in [3.8, 4) is 0 Å². The summed E-state index contributed by atoms with van der Waals surface area (Å²) in [5.41, 5.74) is 2.01. The molecule has 1 aliphatic carbocycles. The fraction of sp³-hybridized carbons (Fsp3) is 0.462. The van der Waals surface area contributed by atoms with Gasteiger partial charge in [-0.25, -0.2) is 4.98 Å². The number of rotatable bonds is 2. The molecule has 1 N–H and O–H groups in total. The van der Waals surface area contributed by atoms with Gasteiger partial charge in [0.15, 0.2) is 0 Å². The number of nitrogens with zero attached hydrogens (tertiary/aromatic N) is 2. The summed E-state index contributed by atoms with van der Waals surface area (Å²) < 4.78 is 2.02. The van der Waals surface area contributed by atoms with Crippen LogP contribution in [-0.2, 0) is 5.41 Å². The average Bonchev–Trinajstić information content (AvgIpc) is 2.67. The number of aliphatic hydroxyl groups is 1. The summed E-state index contributed by atoms with van der Waals surface area (Å²) in [5.74, 6) is 0. The highest BCUT2D eigenvalue weighted by Crippen LogP contribution is 2.63. The third-order valence-corrected chi connectivity index (χ3v) is 4.04. The van der Waals surface area contributed by atoms with Crippen molar-refractivity contribution in [2.75, 3.05) is 6.61 Å². The first-order chi connectivity index (χ1) is 7.59. The summed E-state index contributed by atoms with van der Waals surface area (Å²) in [5, 5.41) is 9.62. The van der Waals surface area contributed by atoms with Crippen LogP contribution in [0.15, 0.2) is 30.6 Å². The van der Waals surface area contributed by atoms with Crippen LogP contribution in [0, 0.1) is 5.41 Å². The normalized spacial score (nSPS) is 27.2. The fourth-order valence-corrected chi connectivity index (χ4v) is 2.66. The molecule has 0 radical (unpaired) electrons. The van der Waals surface area contributed by atoms with E-state index in [-0.39, 0.29) is 17.4 Å². The van der Waals surface area contributed by atoms with Gasteiger partial charge >= 0.3 is 0 Å². The zero-order valence-corrected chi connectivity index (χ0v) is 9.64. The van der Waals surface area contributed by atoms with Gasteiger partial charge in [-0.3, -0.25) is 0 Å². The SMILES string of the molecule is CC1(C)CC1(CO)c1cn2ccccc2n1. The van der Waals surface area contributed by atoms with Crippen LogP contribution in [0.5, 0.6) is 0 Å². The van der Waals surface area contributed by atoms with E-state index in [1.54, 1.807) is 0 Å². The van der Waals surface area contributed by atoms with Gasteiger partial charge in [0, 0.05) is 17.8 Å². The Morgan fingerprint density at radius 1 is 1.44 bits per heavy atom. The molecule has 0 spiro atoms. The standard InChI is InChI=1S/C13H16N2O/c1-12(2)8-13(12,9-16)10-7-15-6-4-3-5-11(15)14-10/h3-7,16H,8-9H2,1-2H3. The summed E-state index contributed by atoms with van der Waals surface area (Å²) in [4.78, 5) is 4.62. The zero-order valence-electron chi connectivity index (χ0n) is 9.64. The predicted octanol–water partition coefficient (Wildman–Crippen LogP) is 1.99. The van der Waals surface area contributed by atoms with Gasteiger partial charge in [-0.05, 0) is 24.0 Å². The number of aromatic nitrogens is 2. The lowest BCUT2D eigenvalue weighted by molar-refractivity contribution is 0.229. The molecule has 0 bridgehead atoms. The lowest BCUT2D eigenvalue weighted by Crippen LogP contribution is -2.19. The number of hydrogen-bond donors (Lipinski definition) is 1. The van der Waals surface area contributed by atoms with E-state index in [4.69, 9.17) is 0 Å². The minimum absolute atomic E-state index is 0.126. The minimum Gasteiger partial charge on any atom is -0.395 e. The second-order valence-corrected chi connectivity index (χ2v) is 5.39. The smallest absolute Gasteiger partial charge is 0.136 e.